The Hall–Kier alpha value is -2.20. The third-order valence-corrected chi connectivity index (χ3v) is 7.34. The van der Waals surface area contributed by atoms with Gasteiger partial charge in [0.25, 0.3) is 0 Å². The zero-order valence-electron chi connectivity index (χ0n) is 18.2. The maximum atomic E-state index is 13.1. The number of hydrogen-bond donors (Lipinski definition) is 0. The van der Waals surface area contributed by atoms with Crippen molar-refractivity contribution < 1.29 is 27.1 Å². The number of carbonyl (C=O) groups is 2. The van der Waals surface area contributed by atoms with Crippen LogP contribution in [0.4, 0.5) is 9.18 Å². The van der Waals surface area contributed by atoms with Crippen molar-refractivity contribution in [2.45, 2.75) is 44.1 Å². The van der Waals surface area contributed by atoms with E-state index in [-0.39, 0.29) is 42.9 Å². The van der Waals surface area contributed by atoms with E-state index in [0.717, 1.165) is 12.1 Å². The SMILES string of the molecule is CC(C)(C)OC(=O)N1CCCC(C(=O)N2CCN(S(=O)(=O)c3ccc(F)cc3)CC2)C1. The fourth-order valence-corrected chi connectivity index (χ4v) is 5.26. The van der Waals surface area contributed by atoms with Crippen molar-refractivity contribution in [1.82, 2.24) is 14.1 Å². The number of carbonyl (C=O) groups excluding carboxylic acids is 2. The number of halogens is 1. The first-order chi connectivity index (χ1) is 14.5. The lowest BCUT2D eigenvalue weighted by Crippen LogP contribution is -2.54. The topological polar surface area (TPSA) is 87.2 Å². The van der Waals surface area contributed by atoms with E-state index in [9.17, 15) is 22.4 Å². The van der Waals surface area contributed by atoms with Crippen molar-refractivity contribution in [2.24, 2.45) is 5.92 Å². The average Bonchev–Trinajstić information content (AvgIpc) is 2.72. The van der Waals surface area contributed by atoms with E-state index in [4.69, 9.17) is 4.74 Å². The average molecular weight is 456 g/mol. The number of amides is 2. The van der Waals surface area contributed by atoms with Crippen molar-refractivity contribution in [3.05, 3.63) is 30.1 Å². The zero-order valence-corrected chi connectivity index (χ0v) is 19.0. The van der Waals surface area contributed by atoms with E-state index in [0.29, 0.717) is 25.9 Å². The van der Waals surface area contributed by atoms with Gasteiger partial charge in [-0.3, -0.25) is 4.79 Å². The summed E-state index contributed by atoms with van der Waals surface area (Å²) in [7, 11) is -3.73. The molecule has 1 unspecified atom stereocenters. The second-order valence-electron chi connectivity index (χ2n) is 8.95. The van der Waals surface area contributed by atoms with Crippen LogP contribution in [0.2, 0.25) is 0 Å². The molecule has 8 nitrogen and oxygen atoms in total. The van der Waals surface area contributed by atoms with E-state index in [1.807, 2.05) is 0 Å². The van der Waals surface area contributed by atoms with Crippen molar-refractivity contribution in [2.75, 3.05) is 39.3 Å². The summed E-state index contributed by atoms with van der Waals surface area (Å²) in [6, 6.07) is 4.73. The molecule has 2 amide bonds. The predicted octanol–water partition coefficient (Wildman–Crippen LogP) is 2.31. The molecule has 31 heavy (non-hydrogen) atoms. The highest BCUT2D eigenvalue weighted by molar-refractivity contribution is 7.89. The molecule has 172 valence electrons. The Morgan fingerprint density at radius 2 is 1.61 bits per heavy atom. The van der Waals surface area contributed by atoms with E-state index in [1.54, 1.807) is 30.6 Å². The Morgan fingerprint density at radius 3 is 2.19 bits per heavy atom. The van der Waals surface area contributed by atoms with Crippen LogP contribution in [0.3, 0.4) is 0 Å². The minimum atomic E-state index is -3.73. The van der Waals surface area contributed by atoms with Crippen LogP contribution >= 0.6 is 0 Å². The summed E-state index contributed by atoms with van der Waals surface area (Å²) < 4.78 is 45.3. The molecule has 1 aromatic carbocycles. The van der Waals surface area contributed by atoms with Crippen molar-refractivity contribution >= 4 is 22.0 Å². The summed E-state index contributed by atoms with van der Waals surface area (Å²) in [5.41, 5.74) is -0.597. The molecule has 0 aromatic heterocycles. The fourth-order valence-electron chi connectivity index (χ4n) is 3.83. The van der Waals surface area contributed by atoms with E-state index < -0.39 is 27.5 Å². The molecule has 0 N–H and O–H groups in total. The highest BCUT2D eigenvalue weighted by Gasteiger charge is 2.36. The van der Waals surface area contributed by atoms with Gasteiger partial charge in [0.2, 0.25) is 15.9 Å². The van der Waals surface area contributed by atoms with Gasteiger partial charge in [0, 0.05) is 39.3 Å². The molecular formula is C21H30FN3O5S. The molecule has 3 rings (SSSR count). The molecule has 10 heteroatoms. The Kier molecular flexibility index (Phi) is 6.90. The van der Waals surface area contributed by atoms with Crippen LogP contribution in [0.15, 0.2) is 29.2 Å². The van der Waals surface area contributed by atoms with Gasteiger partial charge >= 0.3 is 6.09 Å². The second-order valence-corrected chi connectivity index (χ2v) is 10.9. The third-order valence-electron chi connectivity index (χ3n) is 5.42. The standard InChI is InChI=1S/C21H30FN3O5S/c1-21(2,3)30-20(27)24-10-4-5-16(15-24)19(26)23-11-13-25(14-12-23)31(28,29)18-8-6-17(22)7-9-18/h6-9,16H,4-5,10-15H2,1-3H3. The Balaban J connectivity index is 1.57. The molecule has 2 fully saturated rings. The Bertz CT molecular complexity index is 906. The van der Waals surface area contributed by atoms with Crippen LogP contribution in [-0.2, 0) is 19.6 Å². The number of piperidine rings is 1. The number of likely N-dealkylation sites (tertiary alicyclic amines) is 1. The largest absolute Gasteiger partial charge is 0.444 e. The molecule has 0 spiro atoms. The van der Waals surface area contributed by atoms with Gasteiger partial charge in [-0.15, -0.1) is 0 Å². The predicted molar refractivity (Wildman–Crippen MR) is 112 cm³/mol. The monoisotopic (exact) mass is 455 g/mol. The van der Waals surface area contributed by atoms with Gasteiger partial charge in [0.05, 0.1) is 10.8 Å². The smallest absolute Gasteiger partial charge is 0.410 e. The normalized spacial score (nSPS) is 21.1. The van der Waals surface area contributed by atoms with Crippen LogP contribution in [0.1, 0.15) is 33.6 Å². The summed E-state index contributed by atoms with van der Waals surface area (Å²) in [4.78, 5) is 28.6. The number of piperazine rings is 1. The molecule has 2 heterocycles. The lowest BCUT2D eigenvalue weighted by atomic mass is 9.96. The highest BCUT2D eigenvalue weighted by atomic mass is 32.2. The van der Waals surface area contributed by atoms with Crippen molar-refractivity contribution in [3.8, 4) is 0 Å². The minimum absolute atomic E-state index is 0.0361. The van der Waals surface area contributed by atoms with Gasteiger partial charge in [-0.05, 0) is 57.9 Å². The van der Waals surface area contributed by atoms with Gasteiger partial charge in [-0.2, -0.15) is 4.31 Å². The number of rotatable bonds is 3. The molecule has 0 aliphatic carbocycles. The van der Waals surface area contributed by atoms with E-state index >= 15 is 0 Å². The molecule has 2 saturated heterocycles. The van der Waals surface area contributed by atoms with Gasteiger partial charge in [0.15, 0.2) is 0 Å². The van der Waals surface area contributed by atoms with Gasteiger partial charge in [-0.25, -0.2) is 17.6 Å². The molecule has 2 aliphatic heterocycles. The summed E-state index contributed by atoms with van der Waals surface area (Å²) in [5, 5.41) is 0. The van der Waals surface area contributed by atoms with Gasteiger partial charge in [0.1, 0.15) is 11.4 Å². The Labute approximate surface area is 183 Å². The zero-order chi connectivity index (χ0) is 22.8. The lowest BCUT2D eigenvalue weighted by Gasteiger charge is -2.38. The third kappa shape index (κ3) is 5.74. The second kappa shape index (κ2) is 9.12. The summed E-state index contributed by atoms with van der Waals surface area (Å²) in [5.74, 6) is -0.879. The van der Waals surface area contributed by atoms with E-state index in [2.05, 4.69) is 0 Å². The fraction of sp³-hybridized carbons (Fsp3) is 0.619. The summed E-state index contributed by atoms with van der Waals surface area (Å²) in [6.45, 7) is 7.18. The van der Waals surface area contributed by atoms with E-state index in [1.165, 1.54) is 16.4 Å². The molecule has 0 bridgehead atoms. The van der Waals surface area contributed by atoms with Gasteiger partial charge < -0.3 is 14.5 Å². The van der Waals surface area contributed by atoms with Gasteiger partial charge in [-0.1, -0.05) is 0 Å². The number of ether oxygens (including phenoxy) is 1. The number of benzene rings is 1. The molecule has 1 atom stereocenters. The quantitative estimate of drug-likeness (QED) is 0.698. The maximum Gasteiger partial charge on any atom is 0.410 e. The van der Waals surface area contributed by atoms with Crippen LogP contribution in [0.25, 0.3) is 0 Å². The van der Waals surface area contributed by atoms with Crippen LogP contribution in [-0.4, -0.2) is 79.4 Å². The number of nitrogens with zero attached hydrogens (tertiary/aromatic N) is 3. The van der Waals surface area contributed by atoms with Crippen LogP contribution in [0.5, 0.6) is 0 Å². The molecule has 1 aromatic rings. The van der Waals surface area contributed by atoms with Crippen molar-refractivity contribution in [3.63, 3.8) is 0 Å². The summed E-state index contributed by atoms with van der Waals surface area (Å²) >= 11 is 0. The van der Waals surface area contributed by atoms with Crippen LogP contribution in [0, 0.1) is 11.7 Å². The van der Waals surface area contributed by atoms with Crippen molar-refractivity contribution in [1.29, 1.82) is 0 Å². The number of sulfonamides is 1. The first-order valence-electron chi connectivity index (χ1n) is 10.5. The Morgan fingerprint density at radius 1 is 1.00 bits per heavy atom. The summed E-state index contributed by atoms with van der Waals surface area (Å²) in [6.07, 6.45) is 0.987. The lowest BCUT2D eigenvalue weighted by molar-refractivity contribution is -0.138. The maximum absolute atomic E-state index is 13.1. The first-order valence-corrected chi connectivity index (χ1v) is 11.9. The minimum Gasteiger partial charge on any atom is -0.444 e. The molecule has 0 radical (unpaired) electrons. The first kappa shape index (κ1) is 23.5. The molecule has 2 aliphatic rings. The molecular weight excluding hydrogens is 425 g/mol. The number of hydrogen-bond acceptors (Lipinski definition) is 5. The molecule has 0 saturated carbocycles. The highest BCUT2D eigenvalue weighted by Crippen LogP contribution is 2.23. The van der Waals surface area contributed by atoms with Crippen LogP contribution < -0.4 is 0 Å².